The molecule has 2 rings (SSSR count). The number of rotatable bonds is 28. The number of unbranched alkanes of at least 4 members (excludes halogenated alkanes) is 4. The Labute approximate surface area is 354 Å². The zero-order chi connectivity index (χ0) is 41.4. The first kappa shape index (κ1) is 50.8. The molecule has 0 amide bonds. The fourth-order valence-corrected chi connectivity index (χ4v) is 38.1. The summed E-state index contributed by atoms with van der Waals surface area (Å²) >= 11 is -0.911. The molecule has 0 bridgehead atoms. The molecule has 0 saturated carbocycles. The van der Waals surface area contributed by atoms with Crippen LogP contribution in [-0.4, -0.2) is 40.8 Å². The van der Waals surface area contributed by atoms with Crippen molar-refractivity contribution in [1.29, 1.82) is 0 Å². The van der Waals surface area contributed by atoms with Crippen molar-refractivity contribution >= 4 is 50.4 Å². The van der Waals surface area contributed by atoms with Crippen molar-refractivity contribution in [3.05, 3.63) is 48.0 Å². The molecule has 0 fully saturated rings. The van der Waals surface area contributed by atoms with Crippen molar-refractivity contribution in [2.45, 2.75) is 232 Å². The summed E-state index contributed by atoms with van der Waals surface area (Å²) < 4.78 is 22.4. The summed E-state index contributed by atoms with van der Waals surface area (Å²) in [4.78, 5) is 1.37. The Balaban J connectivity index is 3.24. The van der Waals surface area contributed by atoms with Crippen molar-refractivity contribution in [3.63, 3.8) is 0 Å². The second-order valence-electron chi connectivity index (χ2n) is 19.1. The van der Waals surface area contributed by atoms with E-state index in [4.69, 9.17) is 8.85 Å². The van der Waals surface area contributed by atoms with Gasteiger partial charge in [0.05, 0.1) is 0 Å². The van der Waals surface area contributed by atoms with E-state index in [-0.39, 0.29) is 0 Å². The van der Waals surface area contributed by atoms with E-state index in [1.807, 2.05) is 11.8 Å². The van der Waals surface area contributed by atoms with Crippen LogP contribution in [0.15, 0.2) is 47.4 Å². The van der Waals surface area contributed by atoms with Crippen LogP contribution in [0.5, 0.6) is 11.5 Å². The predicted molar refractivity (Wildman–Crippen MR) is 258 cm³/mol. The molecule has 0 spiro atoms. The molecule has 0 heterocycles. The molecule has 0 saturated heterocycles. The van der Waals surface area contributed by atoms with E-state index in [0.29, 0.717) is 39.2 Å². The summed E-state index contributed by atoms with van der Waals surface area (Å²) in [6.07, 6.45) is 12.7. The first-order valence-electron chi connectivity index (χ1n) is 23.3. The molecular formula is C49H90O2SSi2Sn. The second kappa shape index (κ2) is 24.6. The van der Waals surface area contributed by atoms with Gasteiger partial charge in [-0.3, -0.25) is 0 Å². The van der Waals surface area contributed by atoms with E-state index in [1.54, 1.807) is 3.58 Å². The fraction of sp³-hybridized carbons (Fsp3) is 0.755. The predicted octanol–water partition coefficient (Wildman–Crippen LogP) is 17.3. The van der Waals surface area contributed by atoms with Crippen LogP contribution in [-0.2, 0) is 0 Å². The molecule has 6 heteroatoms. The summed E-state index contributed by atoms with van der Waals surface area (Å²) in [5.41, 5.74) is 4.53. The minimum atomic E-state index is -2.94. The van der Waals surface area contributed by atoms with Crippen molar-refractivity contribution in [3.8, 4) is 11.5 Å². The van der Waals surface area contributed by atoms with Gasteiger partial charge in [0.1, 0.15) is 0 Å². The Morgan fingerprint density at radius 3 is 1.25 bits per heavy atom. The van der Waals surface area contributed by atoms with Gasteiger partial charge in [-0.25, -0.2) is 0 Å². The van der Waals surface area contributed by atoms with Gasteiger partial charge in [-0.1, -0.05) is 0 Å². The Morgan fingerprint density at radius 1 is 0.527 bits per heavy atom. The Morgan fingerprint density at radius 2 is 0.909 bits per heavy atom. The van der Waals surface area contributed by atoms with E-state index in [2.05, 4.69) is 153 Å². The van der Waals surface area contributed by atoms with Crippen LogP contribution in [0.1, 0.15) is 186 Å². The van der Waals surface area contributed by atoms with E-state index in [0.717, 1.165) is 12.2 Å². The molecule has 2 aromatic carbocycles. The van der Waals surface area contributed by atoms with Gasteiger partial charge in [-0.2, -0.15) is 0 Å². The monoisotopic (exact) mass is 919 g/mol. The summed E-state index contributed by atoms with van der Waals surface area (Å²) in [6.45, 7) is 39.3. The topological polar surface area (TPSA) is 18.5 Å². The van der Waals surface area contributed by atoms with E-state index in [9.17, 15) is 0 Å². The van der Waals surface area contributed by atoms with Gasteiger partial charge >= 0.3 is 357 Å². The van der Waals surface area contributed by atoms with Crippen LogP contribution in [0.2, 0.25) is 46.6 Å². The number of hydrogen-bond acceptors (Lipinski definition) is 3. The molecule has 55 heavy (non-hydrogen) atoms. The maximum absolute atomic E-state index is 8.13. The summed E-state index contributed by atoms with van der Waals surface area (Å²) in [5, 5.41) is 0. The van der Waals surface area contributed by atoms with Gasteiger partial charge in [0.25, 0.3) is 0 Å². The molecule has 0 aliphatic heterocycles. The SMILES string of the molecule is CCCC[C@@H](CCSc1ccccc1)c1c(O[Si](C(C)C)(C(C)C)C(C)C)c[c]([Sn]([CH2]CCC)([CH2]CCC)[CH2]CCC)cc1O[Si](C(C)C)(C(C)C)C(C)C. The molecule has 0 aliphatic rings. The number of thioether (sulfide) groups is 1. The molecular weight excluding hydrogens is 827 g/mol. The zero-order valence-corrected chi connectivity index (χ0v) is 44.9. The number of benzene rings is 2. The molecule has 2 aromatic rings. The van der Waals surface area contributed by atoms with Crippen molar-refractivity contribution < 1.29 is 8.85 Å². The van der Waals surface area contributed by atoms with Crippen LogP contribution in [0, 0.1) is 0 Å². The number of hydrogen-bond donors (Lipinski definition) is 0. The Bertz CT molecular complexity index is 1220. The summed E-state index contributed by atoms with van der Waals surface area (Å²) in [6, 6.07) is 16.5. The van der Waals surface area contributed by atoms with E-state index < -0.39 is 35.0 Å². The standard InChI is InChI=1S/C37H63O2SSi2.3C4H9.Sn/c1-14-15-20-33(25-26-40-34-21-17-16-18-22-34)37-35(38-41(27(2)3,28(4)5)29(6)7)23-19-24-36(37)39-42(30(8)9,31(10)11)32(12)13;3*1-3-4-2;/h16-18,21-24,27-33H,14-15,20,25-26H2,1-13H3;3*1,3-4H2,2H3;/t33-;;;;/m0..../s1. The Hall–Kier alpha value is -0.378. The third-order valence-electron chi connectivity index (χ3n) is 13.5. The van der Waals surface area contributed by atoms with Crippen LogP contribution in [0.3, 0.4) is 0 Å². The second-order valence-corrected chi connectivity index (χ2v) is 44.3. The summed E-state index contributed by atoms with van der Waals surface area (Å²) in [7, 11) is -4.58. The molecule has 2 nitrogen and oxygen atoms in total. The van der Waals surface area contributed by atoms with E-state index in [1.165, 1.54) is 93.1 Å². The first-order chi connectivity index (χ1) is 26.0. The van der Waals surface area contributed by atoms with Gasteiger partial charge in [0.15, 0.2) is 0 Å². The first-order valence-corrected chi connectivity index (χ1v) is 36.0. The molecule has 0 radical (unpaired) electrons. The van der Waals surface area contributed by atoms with Gasteiger partial charge in [0.2, 0.25) is 0 Å². The average molecular weight is 918 g/mol. The zero-order valence-electron chi connectivity index (χ0n) is 39.2. The average Bonchev–Trinajstić information content (AvgIpc) is 3.13. The van der Waals surface area contributed by atoms with Crippen LogP contribution < -0.4 is 12.4 Å². The molecule has 0 unspecified atom stereocenters. The molecule has 0 N–H and O–H groups in total. The molecule has 0 aromatic heterocycles. The van der Waals surface area contributed by atoms with Crippen LogP contribution >= 0.6 is 11.8 Å². The third-order valence-corrected chi connectivity index (χ3v) is 42.1. The van der Waals surface area contributed by atoms with E-state index >= 15 is 0 Å². The molecule has 0 aliphatic carbocycles. The quantitative estimate of drug-likeness (QED) is 0.0626. The summed E-state index contributed by atoms with van der Waals surface area (Å²) in [5.74, 6) is 4.02. The van der Waals surface area contributed by atoms with Gasteiger partial charge in [-0.05, 0) is 0 Å². The maximum atomic E-state index is 8.13. The van der Waals surface area contributed by atoms with Gasteiger partial charge in [0, 0.05) is 0 Å². The van der Waals surface area contributed by atoms with Gasteiger partial charge in [-0.15, -0.1) is 0 Å². The normalized spacial score (nSPS) is 13.6. The fourth-order valence-electron chi connectivity index (χ4n) is 10.6. The van der Waals surface area contributed by atoms with Crippen molar-refractivity contribution in [1.82, 2.24) is 0 Å². The van der Waals surface area contributed by atoms with Crippen LogP contribution in [0.25, 0.3) is 0 Å². The molecule has 1 atom stereocenters. The van der Waals surface area contributed by atoms with Crippen molar-refractivity contribution in [2.75, 3.05) is 5.75 Å². The Kier molecular flexibility index (Phi) is 22.7. The minimum absolute atomic E-state index is 0.401. The van der Waals surface area contributed by atoms with Crippen LogP contribution in [0.4, 0.5) is 0 Å². The molecule has 316 valence electrons. The third kappa shape index (κ3) is 13.1. The van der Waals surface area contributed by atoms with Gasteiger partial charge < -0.3 is 0 Å². The van der Waals surface area contributed by atoms with Crippen molar-refractivity contribution in [2.24, 2.45) is 0 Å².